The maximum Gasteiger partial charge on any atom is 0.310 e. The molecule has 1 aliphatic carbocycles. The lowest BCUT2D eigenvalue weighted by Crippen LogP contribution is -2.40. The first-order valence-corrected chi connectivity index (χ1v) is 6.90. The van der Waals surface area contributed by atoms with Gasteiger partial charge in [-0.2, -0.15) is 0 Å². The Balaban J connectivity index is 0.00000242. The number of carbonyl (C=O) groups is 1. The molecule has 2 rings (SSSR count). The van der Waals surface area contributed by atoms with Gasteiger partial charge in [0.15, 0.2) is 5.75 Å². The number of nitrogens with zero attached hydrogens (tertiary/aromatic N) is 1. The first kappa shape index (κ1) is 18.2. The zero-order valence-electron chi connectivity index (χ0n) is 12.3. The Morgan fingerprint density at radius 1 is 1.36 bits per heavy atom. The number of methoxy groups -OCH3 is 1. The van der Waals surface area contributed by atoms with Crippen molar-refractivity contribution in [3.63, 3.8) is 0 Å². The summed E-state index contributed by atoms with van der Waals surface area (Å²) in [6.07, 6.45) is 3.51. The molecule has 1 aliphatic rings. The number of halogens is 1. The summed E-state index contributed by atoms with van der Waals surface area (Å²) in [5, 5.41) is 13.8. The number of nitrogens with one attached hydrogen (secondary N) is 1. The van der Waals surface area contributed by atoms with E-state index in [1.165, 1.54) is 25.3 Å². The standard InChI is InChI=1S/C14H19N3O4.ClH/c1-21-13-8-9(2-7-12(13)17(19)20)14(18)16-11-5-3-10(15)4-6-11;/h2,7-8,10-11H,3-6,15H2,1H3,(H,16,18);1H. The van der Waals surface area contributed by atoms with Gasteiger partial charge < -0.3 is 15.8 Å². The number of carbonyl (C=O) groups excluding carboxylic acids is 1. The van der Waals surface area contributed by atoms with E-state index in [0.29, 0.717) is 5.56 Å². The van der Waals surface area contributed by atoms with Crippen molar-refractivity contribution in [2.45, 2.75) is 37.8 Å². The second-order valence-electron chi connectivity index (χ2n) is 5.23. The summed E-state index contributed by atoms with van der Waals surface area (Å²) in [4.78, 5) is 22.5. The summed E-state index contributed by atoms with van der Waals surface area (Å²) in [7, 11) is 1.34. The van der Waals surface area contributed by atoms with E-state index >= 15 is 0 Å². The van der Waals surface area contributed by atoms with Crippen LogP contribution in [0.4, 0.5) is 5.69 Å². The van der Waals surface area contributed by atoms with Crippen LogP contribution < -0.4 is 15.8 Å². The Hall–Kier alpha value is -1.86. The van der Waals surface area contributed by atoms with E-state index in [-0.39, 0.29) is 41.8 Å². The number of nitro benzene ring substituents is 1. The molecule has 122 valence electrons. The predicted molar refractivity (Wildman–Crippen MR) is 84.6 cm³/mol. The van der Waals surface area contributed by atoms with Crippen LogP contribution in [-0.2, 0) is 0 Å². The first-order chi connectivity index (χ1) is 10.0. The van der Waals surface area contributed by atoms with Crippen molar-refractivity contribution in [1.82, 2.24) is 5.32 Å². The fraction of sp³-hybridized carbons (Fsp3) is 0.500. The van der Waals surface area contributed by atoms with Crippen LogP contribution in [0.2, 0.25) is 0 Å². The molecule has 1 aromatic rings. The highest BCUT2D eigenvalue weighted by molar-refractivity contribution is 5.95. The second-order valence-corrected chi connectivity index (χ2v) is 5.23. The molecule has 1 aromatic carbocycles. The third kappa shape index (κ3) is 4.32. The molecule has 22 heavy (non-hydrogen) atoms. The van der Waals surface area contributed by atoms with Gasteiger partial charge in [0.1, 0.15) is 0 Å². The van der Waals surface area contributed by atoms with Crippen LogP contribution in [0.3, 0.4) is 0 Å². The number of rotatable bonds is 4. The molecule has 1 fully saturated rings. The fourth-order valence-corrected chi connectivity index (χ4v) is 2.50. The summed E-state index contributed by atoms with van der Waals surface area (Å²) in [5.41, 5.74) is 6.03. The number of nitro groups is 1. The molecule has 1 saturated carbocycles. The third-order valence-corrected chi connectivity index (χ3v) is 3.75. The number of ether oxygens (including phenoxy) is 1. The number of nitrogens with two attached hydrogens (primary N) is 1. The maximum absolute atomic E-state index is 12.2. The lowest BCUT2D eigenvalue weighted by Gasteiger charge is -2.26. The zero-order valence-corrected chi connectivity index (χ0v) is 13.1. The van der Waals surface area contributed by atoms with Crippen LogP contribution >= 0.6 is 12.4 Å². The molecule has 1 amide bonds. The van der Waals surface area contributed by atoms with Crippen LogP contribution in [0.15, 0.2) is 18.2 Å². The first-order valence-electron chi connectivity index (χ1n) is 6.90. The topological polar surface area (TPSA) is 107 Å². The number of hydrogen-bond donors (Lipinski definition) is 2. The third-order valence-electron chi connectivity index (χ3n) is 3.75. The van der Waals surface area contributed by atoms with E-state index < -0.39 is 4.92 Å². The van der Waals surface area contributed by atoms with Gasteiger partial charge in [0.25, 0.3) is 5.91 Å². The van der Waals surface area contributed by atoms with Gasteiger partial charge in [-0.3, -0.25) is 14.9 Å². The second kappa shape index (κ2) is 7.95. The van der Waals surface area contributed by atoms with Gasteiger partial charge in [-0.25, -0.2) is 0 Å². The molecular formula is C14H20ClN3O4. The van der Waals surface area contributed by atoms with E-state index in [9.17, 15) is 14.9 Å². The molecule has 0 aromatic heterocycles. The van der Waals surface area contributed by atoms with Gasteiger partial charge in [-0.15, -0.1) is 12.4 Å². The summed E-state index contributed by atoms with van der Waals surface area (Å²) in [5.74, 6) is -0.165. The smallest absolute Gasteiger partial charge is 0.310 e. The van der Waals surface area contributed by atoms with E-state index in [2.05, 4.69) is 5.32 Å². The zero-order chi connectivity index (χ0) is 15.4. The highest BCUT2D eigenvalue weighted by Crippen LogP contribution is 2.27. The van der Waals surface area contributed by atoms with Gasteiger partial charge in [0, 0.05) is 29.8 Å². The molecule has 0 bridgehead atoms. The average molecular weight is 330 g/mol. The molecule has 0 heterocycles. The van der Waals surface area contributed by atoms with Gasteiger partial charge in [-0.05, 0) is 31.7 Å². The normalized spacial score (nSPS) is 20.6. The minimum atomic E-state index is -0.539. The maximum atomic E-state index is 12.2. The molecule has 0 unspecified atom stereocenters. The predicted octanol–water partition coefficient (Wildman–Crippen LogP) is 2.02. The Bertz CT molecular complexity index is 545. The summed E-state index contributed by atoms with van der Waals surface area (Å²) < 4.78 is 4.96. The van der Waals surface area contributed by atoms with Crippen molar-refractivity contribution in [2.75, 3.05) is 7.11 Å². The molecule has 0 aliphatic heterocycles. The lowest BCUT2D eigenvalue weighted by molar-refractivity contribution is -0.385. The van der Waals surface area contributed by atoms with E-state index in [0.717, 1.165) is 25.7 Å². The quantitative estimate of drug-likeness (QED) is 0.649. The van der Waals surface area contributed by atoms with Crippen LogP contribution in [0.5, 0.6) is 5.75 Å². The van der Waals surface area contributed by atoms with Gasteiger partial charge >= 0.3 is 5.69 Å². The summed E-state index contributed by atoms with van der Waals surface area (Å²) in [6.45, 7) is 0. The molecule has 3 N–H and O–H groups in total. The Labute approximate surface area is 134 Å². The van der Waals surface area contributed by atoms with Gasteiger partial charge in [-0.1, -0.05) is 0 Å². The average Bonchev–Trinajstić information content (AvgIpc) is 2.48. The largest absolute Gasteiger partial charge is 0.490 e. The van der Waals surface area contributed by atoms with E-state index in [1.807, 2.05) is 0 Å². The van der Waals surface area contributed by atoms with Crippen molar-refractivity contribution in [1.29, 1.82) is 0 Å². The Morgan fingerprint density at radius 2 is 2.00 bits per heavy atom. The molecule has 8 heteroatoms. The van der Waals surface area contributed by atoms with Crippen molar-refractivity contribution < 1.29 is 14.5 Å². The molecular weight excluding hydrogens is 310 g/mol. The lowest BCUT2D eigenvalue weighted by atomic mass is 9.91. The van der Waals surface area contributed by atoms with Crippen LogP contribution in [0.25, 0.3) is 0 Å². The number of benzene rings is 1. The van der Waals surface area contributed by atoms with Crippen LogP contribution in [-0.4, -0.2) is 30.0 Å². The number of hydrogen-bond acceptors (Lipinski definition) is 5. The van der Waals surface area contributed by atoms with Gasteiger partial charge in [0.05, 0.1) is 12.0 Å². The highest BCUT2D eigenvalue weighted by Gasteiger charge is 2.22. The SMILES string of the molecule is COc1cc(C(=O)NC2CCC(N)CC2)ccc1[N+](=O)[O-].Cl. The van der Waals surface area contributed by atoms with Crippen LogP contribution in [0, 0.1) is 10.1 Å². The Morgan fingerprint density at radius 3 is 2.55 bits per heavy atom. The highest BCUT2D eigenvalue weighted by atomic mass is 35.5. The minimum absolute atomic E-state index is 0. The molecule has 0 radical (unpaired) electrons. The Kier molecular flexibility index (Phi) is 6.58. The minimum Gasteiger partial charge on any atom is -0.490 e. The molecule has 0 atom stereocenters. The molecule has 7 nitrogen and oxygen atoms in total. The summed E-state index contributed by atoms with van der Waals surface area (Å²) >= 11 is 0. The van der Waals surface area contributed by atoms with Crippen LogP contribution in [0.1, 0.15) is 36.0 Å². The van der Waals surface area contributed by atoms with E-state index in [4.69, 9.17) is 10.5 Å². The fourth-order valence-electron chi connectivity index (χ4n) is 2.50. The monoisotopic (exact) mass is 329 g/mol. The molecule has 0 saturated heterocycles. The van der Waals surface area contributed by atoms with Crippen molar-refractivity contribution >= 4 is 24.0 Å². The van der Waals surface area contributed by atoms with Crippen molar-refractivity contribution in [3.05, 3.63) is 33.9 Å². The van der Waals surface area contributed by atoms with Crippen molar-refractivity contribution in [3.8, 4) is 5.75 Å². The van der Waals surface area contributed by atoms with E-state index in [1.54, 1.807) is 0 Å². The van der Waals surface area contributed by atoms with Gasteiger partial charge in [0.2, 0.25) is 0 Å². The number of amides is 1. The molecule has 0 spiro atoms. The summed E-state index contributed by atoms with van der Waals surface area (Å²) in [6, 6.07) is 4.44. The van der Waals surface area contributed by atoms with Crippen molar-refractivity contribution in [2.24, 2.45) is 5.73 Å².